The summed E-state index contributed by atoms with van der Waals surface area (Å²) in [6.07, 6.45) is 3.92. The number of carbonyl (C=O) groups is 1. The Labute approximate surface area is 77.8 Å². The van der Waals surface area contributed by atoms with Gasteiger partial charge in [0.15, 0.2) is 0 Å². The van der Waals surface area contributed by atoms with Gasteiger partial charge in [0, 0.05) is 12.0 Å². The molecule has 2 aliphatic carbocycles. The van der Waals surface area contributed by atoms with Crippen LogP contribution in [0.25, 0.3) is 0 Å². The minimum Gasteiger partial charge on any atom is -0.468 e. The minimum atomic E-state index is -0.0567. The average Bonchev–Trinajstić information content (AvgIpc) is 2.78. The van der Waals surface area contributed by atoms with E-state index >= 15 is 0 Å². The lowest BCUT2D eigenvalue weighted by Crippen LogP contribution is -2.66. The van der Waals surface area contributed by atoms with Crippen molar-refractivity contribution in [1.29, 1.82) is 0 Å². The van der Waals surface area contributed by atoms with Gasteiger partial charge in [-0.25, -0.2) is 0 Å². The molecular weight excluding hydrogens is 166 g/mol. The molecule has 1 saturated heterocycles. The molecular formula is C10H15NO2. The number of methoxy groups -OCH3 is 1. The Bertz CT molecular complexity index is 266. The number of hydrogen-bond donors (Lipinski definition) is 1. The van der Waals surface area contributed by atoms with Gasteiger partial charge < -0.3 is 10.1 Å². The third kappa shape index (κ3) is 0.810. The lowest BCUT2D eigenvalue weighted by Gasteiger charge is -2.47. The molecule has 1 aliphatic heterocycles. The van der Waals surface area contributed by atoms with Crippen molar-refractivity contribution in [3.8, 4) is 0 Å². The average molecular weight is 181 g/mol. The summed E-state index contributed by atoms with van der Waals surface area (Å²) >= 11 is 0. The zero-order valence-electron chi connectivity index (χ0n) is 7.88. The van der Waals surface area contributed by atoms with Crippen LogP contribution >= 0.6 is 0 Å². The Morgan fingerprint density at radius 2 is 2.46 bits per heavy atom. The zero-order valence-corrected chi connectivity index (χ0v) is 7.88. The second-order valence-electron chi connectivity index (χ2n) is 4.71. The highest BCUT2D eigenvalue weighted by Crippen LogP contribution is 2.65. The molecule has 3 fully saturated rings. The monoisotopic (exact) mass is 181 g/mol. The fraction of sp³-hybridized carbons (Fsp3) is 0.900. The Balaban J connectivity index is 1.81. The third-order valence-corrected chi connectivity index (χ3v) is 4.29. The maximum absolute atomic E-state index is 11.4. The zero-order chi connectivity index (χ0) is 9.05. The normalized spacial score (nSPS) is 51.3. The first-order valence-corrected chi connectivity index (χ1v) is 5.09. The molecule has 3 nitrogen and oxygen atoms in total. The van der Waals surface area contributed by atoms with Gasteiger partial charge in [-0.2, -0.15) is 0 Å². The lowest BCUT2D eigenvalue weighted by molar-refractivity contribution is -0.152. The highest BCUT2D eigenvalue weighted by molar-refractivity contribution is 5.78. The molecule has 1 spiro atoms. The summed E-state index contributed by atoms with van der Waals surface area (Å²) in [5.74, 6) is 1.71. The molecule has 1 heterocycles. The molecule has 0 unspecified atom stereocenters. The summed E-state index contributed by atoms with van der Waals surface area (Å²) in [5.41, 5.74) is 0.303. The van der Waals surface area contributed by atoms with Crippen molar-refractivity contribution < 1.29 is 9.53 Å². The molecule has 0 radical (unpaired) electrons. The molecule has 0 amide bonds. The van der Waals surface area contributed by atoms with Crippen LogP contribution in [0.5, 0.6) is 0 Å². The molecule has 2 saturated carbocycles. The fourth-order valence-electron chi connectivity index (χ4n) is 3.39. The van der Waals surface area contributed by atoms with E-state index in [0.717, 1.165) is 18.4 Å². The standard InChI is InChI=1S/C10H15NO2/c1-13-9(12)8-10(5-11-8)3-2-6-4-7(6)10/h6-8,11H,2-5H2,1H3/t6-,7+,8-,10-/m0/s1. The van der Waals surface area contributed by atoms with E-state index in [0.29, 0.717) is 5.41 Å². The van der Waals surface area contributed by atoms with Crippen molar-refractivity contribution in [2.24, 2.45) is 17.3 Å². The van der Waals surface area contributed by atoms with Gasteiger partial charge in [0.25, 0.3) is 0 Å². The van der Waals surface area contributed by atoms with E-state index in [1.54, 1.807) is 0 Å². The number of nitrogens with one attached hydrogen (secondary N) is 1. The summed E-state index contributed by atoms with van der Waals surface area (Å²) in [5, 5.41) is 3.21. The lowest BCUT2D eigenvalue weighted by atomic mass is 9.69. The minimum absolute atomic E-state index is 0.00926. The highest BCUT2D eigenvalue weighted by atomic mass is 16.5. The molecule has 0 aromatic rings. The van der Waals surface area contributed by atoms with Crippen molar-refractivity contribution in [3.63, 3.8) is 0 Å². The van der Waals surface area contributed by atoms with Crippen LogP contribution in [0.1, 0.15) is 19.3 Å². The van der Waals surface area contributed by atoms with Gasteiger partial charge >= 0.3 is 5.97 Å². The molecule has 3 heteroatoms. The van der Waals surface area contributed by atoms with Crippen molar-refractivity contribution >= 4 is 5.97 Å². The molecule has 3 aliphatic rings. The molecule has 3 rings (SSSR count). The van der Waals surface area contributed by atoms with E-state index in [2.05, 4.69) is 5.32 Å². The first kappa shape index (κ1) is 7.80. The van der Waals surface area contributed by atoms with Crippen LogP contribution in [0.15, 0.2) is 0 Å². The predicted octanol–water partition coefficient (Wildman–Crippen LogP) is 0.547. The van der Waals surface area contributed by atoms with Crippen LogP contribution in [0.2, 0.25) is 0 Å². The maximum Gasteiger partial charge on any atom is 0.323 e. The Hall–Kier alpha value is -0.570. The summed E-state index contributed by atoms with van der Waals surface area (Å²) in [7, 11) is 1.48. The smallest absolute Gasteiger partial charge is 0.323 e. The van der Waals surface area contributed by atoms with Crippen molar-refractivity contribution in [1.82, 2.24) is 5.32 Å². The quantitative estimate of drug-likeness (QED) is 0.600. The summed E-state index contributed by atoms with van der Waals surface area (Å²) < 4.78 is 4.81. The van der Waals surface area contributed by atoms with Gasteiger partial charge in [0.05, 0.1) is 7.11 Å². The van der Waals surface area contributed by atoms with Gasteiger partial charge in [-0.05, 0) is 31.1 Å². The molecule has 0 aromatic carbocycles. The second kappa shape index (κ2) is 2.27. The summed E-state index contributed by atoms with van der Waals surface area (Å²) in [6, 6.07) is 0.00926. The van der Waals surface area contributed by atoms with E-state index in [9.17, 15) is 4.79 Å². The van der Waals surface area contributed by atoms with Crippen molar-refractivity contribution in [3.05, 3.63) is 0 Å². The molecule has 4 atom stereocenters. The number of carbonyl (C=O) groups excluding carboxylic acids is 1. The van der Waals surface area contributed by atoms with Gasteiger partial charge in [-0.1, -0.05) is 0 Å². The van der Waals surface area contributed by atoms with E-state index in [1.165, 1.54) is 26.4 Å². The van der Waals surface area contributed by atoms with Gasteiger partial charge in [0.2, 0.25) is 0 Å². The van der Waals surface area contributed by atoms with E-state index in [-0.39, 0.29) is 12.0 Å². The number of ether oxygens (including phenoxy) is 1. The van der Waals surface area contributed by atoms with Gasteiger partial charge in [0.1, 0.15) is 6.04 Å². The Morgan fingerprint density at radius 3 is 2.85 bits per heavy atom. The van der Waals surface area contributed by atoms with Crippen LogP contribution in [-0.4, -0.2) is 25.7 Å². The highest BCUT2D eigenvalue weighted by Gasteiger charge is 2.66. The fourth-order valence-corrected chi connectivity index (χ4v) is 3.39. The molecule has 1 N–H and O–H groups in total. The first-order chi connectivity index (χ1) is 6.28. The number of hydrogen-bond acceptors (Lipinski definition) is 3. The third-order valence-electron chi connectivity index (χ3n) is 4.29. The van der Waals surface area contributed by atoms with E-state index < -0.39 is 0 Å². The predicted molar refractivity (Wildman–Crippen MR) is 47.1 cm³/mol. The van der Waals surface area contributed by atoms with Crippen LogP contribution in [0.4, 0.5) is 0 Å². The van der Waals surface area contributed by atoms with Gasteiger partial charge in [-0.3, -0.25) is 4.79 Å². The summed E-state index contributed by atoms with van der Waals surface area (Å²) in [6.45, 7) is 1.04. The largest absolute Gasteiger partial charge is 0.468 e. The van der Waals surface area contributed by atoms with Crippen LogP contribution in [0.3, 0.4) is 0 Å². The molecule has 72 valence electrons. The molecule has 13 heavy (non-hydrogen) atoms. The SMILES string of the molecule is COC(=O)[C@@H]1NC[C@]12CC[C@H]1C[C@H]12. The number of rotatable bonds is 1. The maximum atomic E-state index is 11.4. The van der Waals surface area contributed by atoms with E-state index in [1.807, 2.05) is 0 Å². The van der Waals surface area contributed by atoms with Crippen LogP contribution in [0, 0.1) is 17.3 Å². The second-order valence-corrected chi connectivity index (χ2v) is 4.71. The number of esters is 1. The van der Waals surface area contributed by atoms with E-state index in [4.69, 9.17) is 4.74 Å². The van der Waals surface area contributed by atoms with Crippen molar-refractivity contribution in [2.75, 3.05) is 13.7 Å². The molecule has 0 bridgehead atoms. The molecule has 0 aromatic heterocycles. The van der Waals surface area contributed by atoms with Crippen LogP contribution < -0.4 is 5.32 Å². The van der Waals surface area contributed by atoms with Crippen LogP contribution in [-0.2, 0) is 9.53 Å². The Morgan fingerprint density at radius 1 is 1.62 bits per heavy atom. The summed E-state index contributed by atoms with van der Waals surface area (Å²) in [4.78, 5) is 11.4. The van der Waals surface area contributed by atoms with Crippen molar-refractivity contribution in [2.45, 2.75) is 25.3 Å². The number of fused-ring (bicyclic) bond motifs is 2. The topological polar surface area (TPSA) is 38.3 Å². The Kier molecular flexibility index (Phi) is 1.36. The first-order valence-electron chi connectivity index (χ1n) is 5.09. The van der Waals surface area contributed by atoms with Gasteiger partial charge in [-0.15, -0.1) is 0 Å².